The van der Waals surface area contributed by atoms with Crippen molar-refractivity contribution in [1.82, 2.24) is 10.6 Å². The molecule has 0 aliphatic carbocycles. The summed E-state index contributed by atoms with van der Waals surface area (Å²) in [6.07, 6.45) is -4.32. The van der Waals surface area contributed by atoms with Crippen LogP contribution in [0.3, 0.4) is 0 Å². The monoisotopic (exact) mass is 417 g/mol. The third-order valence-electron chi connectivity index (χ3n) is 2.35. The first-order valence-electron chi connectivity index (χ1n) is 6.17. The lowest BCUT2D eigenvalue weighted by atomic mass is 10.2. The lowest BCUT2D eigenvalue weighted by Crippen LogP contribution is -2.36. The van der Waals surface area contributed by atoms with Gasteiger partial charge in [0, 0.05) is 20.1 Å². The molecule has 1 rings (SSSR count). The van der Waals surface area contributed by atoms with E-state index in [2.05, 4.69) is 20.4 Å². The van der Waals surface area contributed by atoms with Gasteiger partial charge in [0.15, 0.2) is 12.6 Å². The molecule has 21 heavy (non-hydrogen) atoms. The molecule has 0 aliphatic rings. The van der Waals surface area contributed by atoms with Crippen molar-refractivity contribution in [3.8, 4) is 5.75 Å². The number of aliphatic imine (C=N–C) groups is 1. The molecule has 0 aliphatic heterocycles. The number of guanidine groups is 1. The molecule has 1 aromatic carbocycles. The molecule has 0 amide bonds. The Hall–Kier alpha value is -1.19. The van der Waals surface area contributed by atoms with Gasteiger partial charge in [-0.05, 0) is 24.6 Å². The number of nitrogens with zero attached hydrogens (tertiary/aromatic N) is 1. The molecule has 8 heteroatoms. The zero-order chi connectivity index (χ0) is 15.0. The van der Waals surface area contributed by atoms with Gasteiger partial charge in [0.25, 0.3) is 0 Å². The molecule has 0 heterocycles. The van der Waals surface area contributed by atoms with E-state index in [1.807, 2.05) is 6.92 Å². The van der Waals surface area contributed by atoms with Crippen LogP contribution in [0.4, 0.5) is 13.2 Å². The fourth-order valence-electron chi connectivity index (χ4n) is 1.44. The molecule has 0 radical (unpaired) electrons. The van der Waals surface area contributed by atoms with Crippen LogP contribution < -0.4 is 15.4 Å². The van der Waals surface area contributed by atoms with E-state index in [0.29, 0.717) is 12.5 Å². The molecule has 0 fully saturated rings. The summed E-state index contributed by atoms with van der Waals surface area (Å²) in [4.78, 5) is 4.01. The Kier molecular flexibility index (Phi) is 9.14. The van der Waals surface area contributed by atoms with Gasteiger partial charge in [-0.15, -0.1) is 24.0 Å². The number of hydrogen-bond donors (Lipinski definition) is 2. The van der Waals surface area contributed by atoms with Crippen LogP contribution in [0.2, 0.25) is 0 Å². The summed E-state index contributed by atoms with van der Waals surface area (Å²) in [5.41, 5.74) is 0.920. The highest BCUT2D eigenvalue weighted by Gasteiger charge is 2.28. The van der Waals surface area contributed by atoms with E-state index in [1.165, 1.54) is 12.1 Å². The summed E-state index contributed by atoms with van der Waals surface area (Å²) in [6, 6.07) is 6.44. The molecular formula is C13H19F3IN3O. The largest absolute Gasteiger partial charge is 0.484 e. The molecular weight excluding hydrogens is 398 g/mol. The molecule has 0 unspecified atom stereocenters. The van der Waals surface area contributed by atoms with Gasteiger partial charge in [0.2, 0.25) is 0 Å². The Bertz CT molecular complexity index is 435. The van der Waals surface area contributed by atoms with Gasteiger partial charge in [-0.2, -0.15) is 13.2 Å². The maximum Gasteiger partial charge on any atom is 0.422 e. The quantitative estimate of drug-likeness (QED) is 0.440. The Morgan fingerprint density at radius 3 is 2.29 bits per heavy atom. The maximum absolute atomic E-state index is 12.0. The minimum absolute atomic E-state index is 0. The van der Waals surface area contributed by atoms with Crippen LogP contribution in [0.5, 0.6) is 5.75 Å². The molecule has 0 bridgehead atoms. The first-order chi connectivity index (χ1) is 9.44. The summed E-state index contributed by atoms with van der Waals surface area (Å²) < 4.78 is 40.6. The number of benzene rings is 1. The molecule has 1 aromatic rings. The van der Waals surface area contributed by atoms with E-state index in [0.717, 1.165) is 12.1 Å². The van der Waals surface area contributed by atoms with Crippen molar-refractivity contribution < 1.29 is 17.9 Å². The molecule has 120 valence electrons. The lowest BCUT2D eigenvalue weighted by molar-refractivity contribution is -0.153. The van der Waals surface area contributed by atoms with Crippen LogP contribution in [0.1, 0.15) is 12.5 Å². The smallest absolute Gasteiger partial charge is 0.422 e. The molecule has 2 N–H and O–H groups in total. The molecule has 0 saturated carbocycles. The highest BCUT2D eigenvalue weighted by Crippen LogP contribution is 2.18. The molecule has 0 saturated heterocycles. The van der Waals surface area contributed by atoms with Crippen molar-refractivity contribution in [2.24, 2.45) is 4.99 Å². The zero-order valence-electron chi connectivity index (χ0n) is 11.8. The minimum atomic E-state index is -4.32. The maximum atomic E-state index is 12.0. The Balaban J connectivity index is 0.00000400. The van der Waals surface area contributed by atoms with Crippen molar-refractivity contribution in [3.63, 3.8) is 0 Å². The predicted octanol–water partition coefficient (Wildman–Crippen LogP) is 2.93. The normalized spacial score (nSPS) is 11.6. The van der Waals surface area contributed by atoms with Gasteiger partial charge in [0.1, 0.15) is 5.75 Å². The standard InChI is InChI=1S/C13H18F3N3O.HI/c1-3-18-12(17-2)19-8-10-4-6-11(7-5-10)20-9-13(14,15)16;/h4-7H,3,8-9H2,1-2H3,(H2,17,18,19);1H. The number of ether oxygens (including phenoxy) is 1. The number of halogens is 4. The van der Waals surface area contributed by atoms with E-state index >= 15 is 0 Å². The van der Waals surface area contributed by atoms with E-state index in [-0.39, 0.29) is 29.7 Å². The van der Waals surface area contributed by atoms with E-state index < -0.39 is 12.8 Å². The highest BCUT2D eigenvalue weighted by atomic mass is 127. The second-order valence-electron chi connectivity index (χ2n) is 4.00. The molecule has 0 spiro atoms. The predicted molar refractivity (Wildman–Crippen MR) is 87.3 cm³/mol. The molecule has 4 nitrogen and oxygen atoms in total. The molecule has 0 atom stereocenters. The van der Waals surface area contributed by atoms with Crippen LogP contribution in [0.25, 0.3) is 0 Å². The van der Waals surface area contributed by atoms with E-state index in [9.17, 15) is 13.2 Å². The highest BCUT2D eigenvalue weighted by molar-refractivity contribution is 14.0. The van der Waals surface area contributed by atoms with E-state index in [4.69, 9.17) is 0 Å². The summed E-state index contributed by atoms with van der Waals surface area (Å²) in [5.74, 6) is 0.868. The van der Waals surface area contributed by atoms with Gasteiger partial charge in [-0.25, -0.2) is 0 Å². The van der Waals surface area contributed by atoms with Gasteiger partial charge in [-0.1, -0.05) is 12.1 Å². The van der Waals surface area contributed by atoms with Gasteiger partial charge >= 0.3 is 6.18 Å². The number of alkyl halides is 3. The van der Waals surface area contributed by atoms with E-state index in [1.54, 1.807) is 19.2 Å². The first kappa shape index (κ1) is 19.8. The fraction of sp³-hybridized carbons (Fsp3) is 0.462. The average molecular weight is 417 g/mol. The third kappa shape index (κ3) is 8.64. The lowest BCUT2D eigenvalue weighted by Gasteiger charge is -2.11. The number of rotatable bonds is 5. The van der Waals surface area contributed by atoms with Crippen LogP contribution in [0.15, 0.2) is 29.3 Å². The van der Waals surface area contributed by atoms with Gasteiger partial charge in [-0.3, -0.25) is 4.99 Å². The average Bonchev–Trinajstić information content (AvgIpc) is 2.41. The Morgan fingerprint density at radius 2 is 1.81 bits per heavy atom. The fourth-order valence-corrected chi connectivity index (χ4v) is 1.44. The second-order valence-corrected chi connectivity index (χ2v) is 4.00. The van der Waals surface area contributed by atoms with Crippen molar-refractivity contribution in [2.75, 3.05) is 20.2 Å². The number of nitrogens with one attached hydrogen (secondary N) is 2. The van der Waals surface area contributed by atoms with Crippen molar-refractivity contribution in [2.45, 2.75) is 19.6 Å². The summed E-state index contributed by atoms with van der Waals surface area (Å²) in [6.45, 7) is 1.96. The Labute approximate surface area is 139 Å². The van der Waals surface area contributed by atoms with Gasteiger partial charge < -0.3 is 15.4 Å². The SMILES string of the molecule is CCNC(=NC)NCc1ccc(OCC(F)(F)F)cc1.I. The zero-order valence-corrected chi connectivity index (χ0v) is 14.2. The summed E-state index contributed by atoms with van der Waals surface area (Å²) in [5, 5.41) is 6.12. The minimum Gasteiger partial charge on any atom is -0.484 e. The summed E-state index contributed by atoms with van der Waals surface area (Å²) in [7, 11) is 1.67. The van der Waals surface area contributed by atoms with Gasteiger partial charge in [0.05, 0.1) is 0 Å². The topological polar surface area (TPSA) is 45.7 Å². The Morgan fingerprint density at radius 1 is 1.19 bits per heavy atom. The third-order valence-corrected chi connectivity index (χ3v) is 2.35. The van der Waals surface area contributed by atoms with Crippen molar-refractivity contribution in [3.05, 3.63) is 29.8 Å². The number of hydrogen-bond acceptors (Lipinski definition) is 2. The van der Waals surface area contributed by atoms with Crippen molar-refractivity contribution in [1.29, 1.82) is 0 Å². The van der Waals surface area contributed by atoms with Crippen molar-refractivity contribution >= 4 is 29.9 Å². The van der Waals surface area contributed by atoms with Crippen LogP contribution in [0, 0.1) is 0 Å². The second kappa shape index (κ2) is 9.69. The molecule has 0 aromatic heterocycles. The summed E-state index contributed by atoms with van der Waals surface area (Å²) >= 11 is 0. The first-order valence-corrected chi connectivity index (χ1v) is 6.17. The van der Waals surface area contributed by atoms with Crippen LogP contribution in [-0.2, 0) is 6.54 Å². The van der Waals surface area contributed by atoms with Crippen LogP contribution >= 0.6 is 24.0 Å². The van der Waals surface area contributed by atoms with Crippen LogP contribution in [-0.4, -0.2) is 32.3 Å².